The van der Waals surface area contributed by atoms with Crippen LogP contribution in [0.25, 0.3) is 0 Å². The van der Waals surface area contributed by atoms with Gasteiger partial charge >= 0.3 is 6.03 Å². The van der Waals surface area contributed by atoms with Crippen molar-refractivity contribution in [1.29, 1.82) is 0 Å². The van der Waals surface area contributed by atoms with Crippen LogP contribution < -0.4 is 10.1 Å². The number of β-amino-alcohol motifs (C(OH)–C–C–N with tert-alkyl or cyclic N) is 1. The number of hydrogen-bond donors (Lipinski definition) is 2. The van der Waals surface area contributed by atoms with E-state index in [0.29, 0.717) is 5.75 Å². The molecule has 0 aromatic heterocycles. The number of halogens is 1. The van der Waals surface area contributed by atoms with Crippen molar-refractivity contribution in [1.82, 2.24) is 10.2 Å². The number of benzene rings is 1. The molecule has 1 aromatic carbocycles. The van der Waals surface area contributed by atoms with Crippen LogP contribution in [0.15, 0.2) is 24.3 Å². The highest BCUT2D eigenvalue weighted by Gasteiger charge is 2.49. The summed E-state index contributed by atoms with van der Waals surface area (Å²) < 4.78 is 18.1. The van der Waals surface area contributed by atoms with E-state index >= 15 is 0 Å². The molecule has 1 aliphatic rings. The first kappa shape index (κ1) is 17.2. The van der Waals surface area contributed by atoms with Crippen molar-refractivity contribution in [2.45, 2.75) is 32.4 Å². The Kier molecular flexibility index (Phi) is 4.89. The summed E-state index contributed by atoms with van der Waals surface area (Å²) in [6.45, 7) is 5.08. The quantitative estimate of drug-likeness (QED) is 0.778. The fraction of sp³-hybridized carbons (Fsp3) is 0.500. The van der Waals surface area contributed by atoms with Crippen LogP contribution in [0.2, 0.25) is 0 Å². The van der Waals surface area contributed by atoms with Gasteiger partial charge in [-0.3, -0.25) is 9.69 Å². The van der Waals surface area contributed by atoms with Crippen molar-refractivity contribution >= 4 is 11.9 Å². The van der Waals surface area contributed by atoms with E-state index < -0.39 is 17.7 Å². The van der Waals surface area contributed by atoms with Gasteiger partial charge in [0.25, 0.3) is 5.91 Å². The number of carbonyl (C=O) groups is 2. The Labute approximate surface area is 134 Å². The molecule has 0 aliphatic carbocycles. The fourth-order valence-corrected chi connectivity index (χ4v) is 2.26. The molecule has 6 nitrogen and oxygen atoms in total. The molecule has 1 fully saturated rings. The minimum Gasteiger partial charge on any atom is -0.491 e. The van der Waals surface area contributed by atoms with Gasteiger partial charge in [-0.1, -0.05) is 13.8 Å². The SMILES string of the molecule is CC(C)[C@@]1(C)NC(=O)N(C[C@H](O)COc2ccc(F)cc2)C1=O. The summed E-state index contributed by atoms with van der Waals surface area (Å²) in [6, 6.07) is 4.84. The Morgan fingerprint density at radius 3 is 2.43 bits per heavy atom. The summed E-state index contributed by atoms with van der Waals surface area (Å²) in [5.41, 5.74) is -0.964. The van der Waals surface area contributed by atoms with Crippen molar-refractivity contribution in [2.75, 3.05) is 13.2 Å². The molecule has 0 saturated carbocycles. The highest BCUT2D eigenvalue weighted by Crippen LogP contribution is 2.25. The molecule has 7 heteroatoms. The molecule has 0 spiro atoms. The second kappa shape index (κ2) is 6.54. The summed E-state index contributed by atoms with van der Waals surface area (Å²) >= 11 is 0. The summed E-state index contributed by atoms with van der Waals surface area (Å²) in [6.07, 6.45) is -1.04. The molecular formula is C16H21FN2O4. The van der Waals surface area contributed by atoms with Gasteiger partial charge < -0.3 is 15.2 Å². The normalized spacial score (nSPS) is 22.4. The number of hydrogen-bond acceptors (Lipinski definition) is 4. The predicted octanol–water partition coefficient (Wildman–Crippen LogP) is 1.53. The Balaban J connectivity index is 1.92. The third kappa shape index (κ3) is 3.61. The van der Waals surface area contributed by atoms with Crippen LogP contribution in [0.3, 0.4) is 0 Å². The third-order valence-corrected chi connectivity index (χ3v) is 4.11. The summed E-state index contributed by atoms with van der Waals surface area (Å²) in [5, 5.41) is 12.7. The molecule has 0 radical (unpaired) electrons. The van der Waals surface area contributed by atoms with Gasteiger partial charge in [0.1, 0.15) is 29.8 Å². The van der Waals surface area contributed by atoms with Crippen molar-refractivity contribution in [2.24, 2.45) is 5.92 Å². The summed E-state index contributed by atoms with van der Waals surface area (Å²) in [4.78, 5) is 25.3. The van der Waals surface area contributed by atoms with E-state index in [9.17, 15) is 19.1 Å². The molecule has 126 valence electrons. The van der Waals surface area contributed by atoms with Crippen LogP contribution in [0, 0.1) is 11.7 Å². The van der Waals surface area contributed by atoms with Gasteiger partial charge in [0.15, 0.2) is 0 Å². The smallest absolute Gasteiger partial charge is 0.325 e. The lowest BCUT2D eigenvalue weighted by Crippen LogP contribution is -2.49. The van der Waals surface area contributed by atoms with E-state index in [-0.39, 0.29) is 30.8 Å². The molecule has 2 rings (SSSR count). The van der Waals surface area contributed by atoms with Crippen molar-refractivity contribution < 1.29 is 23.8 Å². The summed E-state index contributed by atoms with van der Waals surface area (Å²) in [7, 11) is 0. The lowest BCUT2D eigenvalue weighted by atomic mass is 9.88. The minimum atomic E-state index is -1.04. The molecule has 0 bridgehead atoms. The standard InChI is InChI=1S/C16H21FN2O4/c1-10(2)16(3)14(21)19(15(22)18-16)8-12(20)9-23-13-6-4-11(17)5-7-13/h4-7,10,12,20H,8-9H2,1-3H3,(H,18,22)/t12-,16+/m0/s1. The first-order chi connectivity index (χ1) is 10.7. The molecule has 2 atom stereocenters. The largest absolute Gasteiger partial charge is 0.491 e. The maximum Gasteiger partial charge on any atom is 0.325 e. The van der Waals surface area contributed by atoms with Crippen molar-refractivity contribution in [3.8, 4) is 5.75 Å². The minimum absolute atomic E-state index is 0.0726. The van der Waals surface area contributed by atoms with Crippen LogP contribution in [-0.2, 0) is 4.79 Å². The van der Waals surface area contributed by atoms with Gasteiger partial charge in [-0.15, -0.1) is 0 Å². The lowest BCUT2D eigenvalue weighted by molar-refractivity contribution is -0.133. The molecule has 23 heavy (non-hydrogen) atoms. The molecule has 1 saturated heterocycles. The third-order valence-electron chi connectivity index (χ3n) is 4.11. The van der Waals surface area contributed by atoms with E-state index in [1.54, 1.807) is 6.92 Å². The van der Waals surface area contributed by atoms with Gasteiger partial charge in [-0.2, -0.15) is 0 Å². The number of aliphatic hydroxyl groups excluding tert-OH is 1. The van der Waals surface area contributed by atoms with Gasteiger partial charge in [-0.25, -0.2) is 9.18 Å². The average molecular weight is 324 g/mol. The average Bonchev–Trinajstić information content (AvgIpc) is 2.71. The van der Waals surface area contributed by atoms with Gasteiger partial charge in [-0.05, 0) is 37.1 Å². The number of carbonyl (C=O) groups excluding carboxylic acids is 2. The molecular weight excluding hydrogens is 303 g/mol. The number of ether oxygens (including phenoxy) is 1. The van der Waals surface area contributed by atoms with Crippen molar-refractivity contribution in [3.63, 3.8) is 0 Å². The Hall–Kier alpha value is -2.15. The van der Waals surface area contributed by atoms with E-state index in [4.69, 9.17) is 4.74 Å². The van der Waals surface area contributed by atoms with Crippen LogP contribution in [0.5, 0.6) is 5.75 Å². The number of nitrogens with zero attached hydrogens (tertiary/aromatic N) is 1. The number of imide groups is 1. The number of urea groups is 1. The zero-order chi connectivity index (χ0) is 17.2. The van der Waals surface area contributed by atoms with Crippen LogP contribution in [0.4, 0.5) is 9.18 Å². The Morgan fingerprint density at radius 1 is 1.30 bits per heavy atom. The molecule has 1 heterocycles. The second-order valence-corrected chi connectivity index (χ2v) is 6.12. The van der Waals surface area contributed by atoms with Crippen LogP contribution in [0.1, 0.15) is 20.8 Å². The van der Waals surface area contributed by atoms with Gasteiger partial charge in [0.2, 0.25) is 0 Å². The Bertz CT molecular complexity index is 590. The van der Waals surface area contributed by atoms with E-state index in [0.717, 1.165) is 4.90 Å². The second-order valence-electron chi connectivity index (χ2n) is 6.12. The lowest BCUT2D eigenvalue weighted by Gasteiger charge is -2.26. The number of aliphatic hydroxyl groups is 1. The predicted molar refractivity (Wildman–Crippen MR) is 81.4 cm³/mol. The number of rotatable bonds is 6. The maximum atomic E-state index is 12.8. The van der Waals surface area contributed by atoms with Crippen LogP contribution in [-0.4, -0.2) is 46.7 Å². The van der Waals surface area contributed by atoms with Crippen molar-refractivity contribution in [3.05, 3.63) is 30.1 Å². The molecule has 1 aromatic rings. The first-order valence-corrected chi connectivity index (χ1v) is 7.44. The Morgan fingerprint density at radius 2 is 1.91 bits per heavy atom. The highest BCUT2D eigenvalue weighted by atomic mass is 19.1. The number of nitrogens with one attached hydrogen (secondary N) is 1. The topological polar surface area (TPSA) is 78.9 Å². The molecule has 3 amide bonds. The first-order valence-electron chi connectivity index (χ1n) is 7.44. The van der Waals surface area contributed by atoms with E-state index in [1.165, 1.54) is 24.3 Å². The zero-order valence-electron chi connectivity index (χ0n) is 13.4. The fourth-order valence-electron chi connectivity index (χ4n) is 2.26. The molecule has 0 unspecified atom stereocenters. The van der Waals surface area contributed by atoms with Gasteiger partial charge in [0, 0.05) is 0 Å². The zero-order valence-corrected chi connectivity index (χ0v) is 13.4. The molecule has 1 aliphatic heterocycles. The number of amides is 3. The maximum absolute atomic E-state index is 12.8. The molecule has 2 N–H and O–H groups in total. The van der Waals surface area contributed by atoms with E-state index in [1.807, 2.05) is 13.8 Å². The van der Waals surface area contributed by atoms with E-state index in [2.05, 4.69) is 5.32 Å². The van der Waals surface area contributed by atoms with Gasteiger partial charge in [0.05, 0.1) is 6.54 Å². The summed E-state index contributed by atoms with van der Waals surface area (Å²) in [5.74, 6) is -0.422. The van der Waals surface area contributed by atoms with Crippen LogP contribution >= 0.6 is 0 Å². The highest BCUT2D eigenvalue weighted by molar-refractivity contribution is 6.06. The monoisotopic (exact) mass is 324 g/mol.